The van der Waals surface area contributed by atoms with Gasteiger partial charge in [-0.3, -0.25) is 4.79 Å². The molecule has 0 aliphatic carbocycles. The van der Waals surface area contributed by atoms with Crippen molar-refractivity contribution in [2.24, 2.45) is 5.92 Å². The molecule has 0 unspecified atom stereocenters. The monoisotopic (exact) mass is 493 g/mol. The van der Waals surface area contributed by atoms with Crippen LogP contribution in [0.2, 0.25) is 5.02 Å². The van der Waals surface area contributed by atoms with Crippen LogP contribution < -0.4 is 10.1 Å². The molecule has 2 aliphatic rings. The Morgan fingerprint density at radius 3 is 2.57 bits per heavy atom. The molecule has 0 saturated carbocycles. The van der Waals surface area contributed by atoms with Crippen molar-refractivity contribution in [3.63, 3.8) is 0 Å². The van der Waals surface area contributed by atoms with Crippen molar-refractivity contribution < 1.29 is 9.53 Å². The van der Waals surface area contributed by atoms with Gasteiger partial charge in [-0.15, -0.1) is 0 Å². The van der Waals surface area contributed by atoms with E-state index < -0.39 is 0 Å². The predicted octanol–water partition coefficient (Wildman–Crippen LogP) is 5.37. The Labute approximate surface area is 211 Å². The van der Waals surface area contributed by atoms with Crippen LogP contribution in [0.15, 0.2) is 42.7 Å². The van der Waals surface area contributed by atoms with E-state index in [-0.39, 0.29) is 12.0 Å². The van der Waals surface area contributed by atoms with Gasteiger partial charge < -0.3 is 19.9 Å². The number of ether oxygens (including phenoxy) is 1. The van der Waals surface area contributed by atoms with Crippen LogP contribution in [0.1, 0.15) is 43.0 Å². The molecular formula is C27H32ClN5O2. The maximum Gasteiger partial charge on any atom is 0.255 e. The summed E-state index contributed by atoms with van der Waals surface area (Å²) in [6.07, 6.45) is 5.76. The molecule has 7 nitrogen and oxygen atoms in total. The first-order chi connectivity index (χ1) is 17.0. The number of piperidine rings is 2. The van der Waals surface area contributed by atoms with Gasteiger partial charge in [-0.1, -0.05) is 24.6 Å². The van der Waals surface area contributed by atoms with Crippen LogP contribution in [0.4, 0.5) is 11.5 Å². The van der Waals surface area contributed by atoms with Crippen LogP contribution >= 0.6 is 11.6 Å². The number of carbonyl (C=O) groups is 1. The van der Waals surface area contributed by atoms with E-state index in [1.54, 1.807) is 18.5 Å². The SMILES string of the molecule is CC1CCN(C(=O)c2ccc(Nc3ncnc4cccc(OC5CCN(C)CC5)c34)cc2Cl)CC1. The number of rotatable bonds is 5. The molecule has 1 amide bonds. The number of halogens is 1. The maximum atomic E-state index is 13.0. The van der Waals surface area contributed by atoms with Gasteiger partial charge in [0, 0.05) is 31.9 Å². The second kappa shape index (κ2) is 10.4. The fourth-order valence-electron chi connectivity index (χ4n) is 4.84. The van der Waals surface area contributed by atoms with Crippen LogP contribution in [0.3, 0.4) is 0 Å². The van der Waals surface area contributed by atoms with E-state index in [0.717, 1.165) is 74.2 Å². The fraction of sp³-hybridized carbons (Fsp3) is 0.444. The number of anilines is 2. The number of aromatic nitrogens is 2. The first-order valence-corrected chi connectivity index (χ1v) is 12.8. The summed E-state index contributed by atoms with van der Waals surface area (Å²) in [6, 6.07) is 11.4. The molecule has 1 N–H and O–H groups in total. The number of nitrogens with one attached hydrogen (secondary N) is 1. The first kappa shape index (κ1) is 23.8. The summed E-state index contributed by atoms with van der Waals surface area (Å²) in [5.41, 5.74) is 2.10. The zero-order chi connectivity index (χ0) is 24.4. The third-order valence-corrected chi connectivity index (χ3v) is 7.43. The van der Waals surface area contributed by atoms with Gasteiger partial charge >= 0.3 is 0 Å². The molecule has 5 rings (SSSR count). The molecular weight excluding hydrogens is 462 g/mol. The number of hydrogen-bond donors (Lipinski definition) is 1. The number of likely N-dealkylation sites (tertiary alicyclic amines) is 2. The lowest BCUT2D eigenvalue weighted by atomic mass is 9.98. The molecule has 0 atom stereocenters. The van der Waals surface area contributed by atoms with E-state index in [0.29, 0.717) is 22.3 Å². The van der Waals surface area contributed by atoms with Crippen LogP contribution in [0.5, 0.6) is 5.75 Å². The highest BCUT2D eigenvalue weighted by Crippen LogP contribution is 2.34. The second-order valence-corrected chi connectivity index (χ2v) is 10.2. The van der Waals surface area contributed by atoms with E-state index in [2.05, 4.69) is 34.2 Å². The van der Waals surface area contributed by atoms with Crippen molar-refractivity contribution in [1.29, 1.82) is 0 Å². The van der Waals surface area contributed by atoms with Crippen molar-refractivity contribution in [2.75, 3.05) is 38.5 Å². The topological polar surface area (TPSA) is 70.6 Å². The molecule has 3 heterocycles. The zero-order valence-electron chi connectivity index (χ0n) is 20.3. The summed E-state index contributed by atoms with van der Waals surface area (Å²) in [6.45, 7) is 5.84. The predicted molar refractivity (Wildman–Crippen MR) is 140 cm³/mol. The van der Waals surface area contributed by atoms with Crippen LogP contribution in [-0.4, -0.2) is 65.0 Å². The van der Waals surface area contributed by atoms with Gasteiger partial charge in [0.1, 0.15) is 24.0 Å². The molecule has 0 radical (unpaired) electrons. The van der Waals surface area contributed by atoms with E-state index in [4.69, 9.17) is 16.3 Å². The molecule has 0 bridgehead atoms. The molecule has 35 heavy (non-hydrogen) atoms. The minimum absolute atomic E-state index is 0.00486. The first-order valence-electron chi connectivity index (χ1n) is 12.4. The Kier molecular flexibility index (Phi) is 7.07. The standard InChI is InChI=1S/C27H32ClN5O2/c1-18-8-14-33(15-9-18)27(34)21-7-6-19(16-22(21)28)31-26-25-23(29-17-30-26)4-3-5-24(25)35-20-10-12-32(2)13-11-20/h3-7,16-18,20H,8-15H2,1-2H3,(H,29,30,31). The smallest absolute Gasteiger partial charge is 0.255 e. The number of nitrogens with zero attached hydrogens (tertiary/aromatic N) is 4. The normalized spacial score (nSPS) is 18.1. The highest BCUT2D eigenvalue weighted by Gasteiger charge is 2.24. The van der Waals surface area contributed by atoms with Crippen molar-refractivity contribution in [3.05, 3.63) is 53.3 Å². The number of hydrogen-bond acceptors (Lipinski definition) is 6. The number of fused-ring (bicyclic) bond motifs is 1. The molecule has 2 aromatic carbocycles. The van der Waals surface area contributed by atoms with Crippen molar-refractivity contribution >= 4 is 39.9 Å². The lowest BCUT2D eigenvalue weighted by molar-refractivity contribution is 0.0697. The van der Waals surface area contributed by atoms with Crippen molar-refractivity contribution in [3.8, 4) is 5.75 Å². The lowest BCUT2D eigenvalue weighted by Gasteiger charge is -2.30. The summed E-state index contributed by atoms with van der Waals surface area (Å²) in [5, 5.41) is 4.65. The van der Waals surface area contributed by atoms with Gasteiger partial charge in [0.25, 0.3) is 5.91 Å². The molecule has 2 saturated heterocycles. The quantitative estimate of drug-likeness (QED) is 0.515. The Morgan fingerprint density at radius 2 is 1.83 bits per heavy atom. The van der Waals surface area contributed by atoms with Crippen LogP contribution in [-0.2, 0) is 0 Å². The summed E-state index contributed by atoms with van der Waals surface area (Å²) in [7, 11) is 2.14. The third kappa shape index (κ3) is 5.36. The molecule has 184 valence electrons. The summed E-state index contributed by atoms with van der Waals surface area (Å²) < 4.78 is 6.42. The highest BCUT2D eigenvalue weighted by molar-refractivity contribution is 6.34. The number of benzene rings is 2. The lowest BCUT2D eigenvalue weighted by Crippen LogP contribution is -2.38. The number of amides is 1. The Balaban J connectivity index is 1.37. The van der Waals surface area contributed by atoms with Crippen LogP contribution in [0.25, 0.3) is 10.9 Å². The fourth-order valence-corrected chi connectivity index (χ4v) is 5.10. The van der Waals surface area contributed by atoms with Gasteiger partial charge in [-0.2, -0.15) is 0 Å². The largest absolute Gasteiger partial charge is 0.489 e. The molecule has 3 aromatic rings. The maximum absolute atomic E-state index is 13.0. The molecule has 2 aliphatic heterocycles. The summed E-state index contributed by atoms with van der Waals surface area (Å²) in [5.74, 6) is 2.09. The molecule has 0 spiro atoms. The Bertz CT molecular complexity index is 1200. The Hall–Kier alpha value is -2.90. The second-order valence-electron chi connectivity index (χ2n) is 9.79. The van der Waals surface area contributed by atoms with Gasteiger partial charge in [0.2, 0.25) is 0 Å². The summed E-state index contributed by atoms with van der Waals surface area (Å²) >= 11 is 6.58. The molecule has 1 aromatic heterocycles. The van der Waals surface area contributed by atoms with E-state index in [1.165, 1.54) is 0 Å². The zero-order valence-corrected chi connectivity index (χ0v) is 21.1. The van der Waals surface area contributed by atoms with Gasteiger partial charge in [0.05, 0.1) is 21.5 Å². The van der Waals surface area contributed by atoms with Crippen molar-refractivity contribution in [2.45, 2.75) is 38.7 Å². The van der Waals surface area contributed by atoms with E-state index >= 15 is 0 Å². The Morgan fingerprint density at radius 1 is 1.06 bits per heavy atom. The van der Waals surface area contributed by atoms with Crippen LogP contribution in [0, 0.1) is 5.92 Å². The van der Waals surface area contributed by atoms with E-state index in [9.17, 15) is 4.79 Å². The van der Waals surface area contributed by atoms with Gasteiger partial charge in [-0.25, -0.2) is 9.97 Å². The van der Waals surface area contributed by atoms with Gasteiger partial charge in [-0.05, 0) is 69.0 Å². The average Bonchev–Trinajstić information content (AvgIpc) is 2.86. The van der Waals surface area contributed by atoms with Crippen molar-refractivity contribution in [1.82, 2.24) is 19.8 Å². The summed E-state index contributed by atoms with van der Waals surface area (Å²) in [4.78, 5) is 26.2. The third-order valence-electron chi connectivity index (χ3n) is 7.12. The minimum atomic E-state index is -0.00486. The molecule has 2 fully saturated rings. The highest BCUT2D eigenvalue weighted by atomic mass is 35.5. The minimum Gasteiger partial charge on any atom is -0.489 e. The number of carbonyl (C=O) groups excluding carboxylic acids is 1. The molecule has 8 heteroatoms. The van der Waals surface area contributed by atoms with Gasteiger partial charge in [0.15, 0.2) is 0 Å². The van der Waals surface area contributed by atoms with E-state index in [1.807, 2.05) is 29.2 Å². The average molecular weight is 494 g/mol.